The maximum absolute atomic E-state index is 13.3. The lowest BCUT2D eigenvalue weighted by molar-refractivity contribution is 0.394. The Morgan fingerprint density at radius 1 is 1.10 bits per heavy atom. The molecule has 0 radical (unpaired) electrons. The van der Waals surface area contributed by atoms with Crippen LogP contribution in [0.3, 0.4) is 0 Å². The van der Waals surface area contributed by atoms with Crippen LogP contribution in [0.5, 0.6) is 0 Å². The van der Waals surface area contributed by atoms with E-state index < -0.39 is 0 Å². The van der Waals surface area contributed by atoms with Crippen molar-refractivity contribution in [3.63, 3.8) is 0 Å². The van der Waals surface area contributed by atoms with Gasteiger partial charge in [0.25, 0.3) is 5.56 Å². The van der Waals surface area contributed by atoms with E-state index >= 15 is 0 Å². The van der Waals surface area contributed by atoms with Crippen molar-refractivity contribution in [3.8, 4) is 0 Å². The molecule has 0 unspecified atom stereocenters. The molecule has 0 aliphatic heterocycles. The van der Waals surface area contributed by atoms with E-state index in [9.17, 15) is 9.18 Å². The van der Waals surface area contributed by atoms with Crippen molar-refractivity contribution in [2.24, 2.45) is 5.92 Å². The zero-order valence-electron chi connectivity index (χ0n) is 17.7. The zero-order chi connectivity index (χ0) is 21.7. The van der Waals surface area contributed by atoms with E-state index in [0.717, 1.165) is 29.4 Å². The van der Waals surface area contributed by atoms with E-state index in [0.29, 0.717) is 29.7 Å². The first kappa shape index (κ1) is 22.0. The van der Waals surface area contributed by atoms with Crippen molar-refractivity contribution in [1.29, 1.82) is 0 Å². The van der Waals surface area contributed by atoms with Gasteiger partial charge in [-0.15, -0.1) is 0 Å². The van der Waals surface area contributed by atoms with Crippen LogP contribution in [0, 0.1) is 11.7 Å². The van der Waals surface area contributed by atoms with Gasteiger partial charge in [0, 0.05) is 24.2 Å². The predicted octanol–water partition coefficient (Wildman–Crippen LogP) is 4.76. The van der Waals surface area contributed by atoms with Crippen molar-refractivity contribution >= 4 is 28.2 Å². The summed E-state index contributed by atoms with van der Waals surface area (Å²) in [4.78, 5) is 17.6. The van der Waals surface area contributed by atoms with Crippen LogP contribution in [-0.2, 0) is 19.5 Å². The maximum Gasteiger partial charge on any atom is 0.253 e. The number of pyridine rings is 1. The topological polar surface area (TPSA) is 48.1 Å². The van der Waals surface area contributed by atoms with Crippen molar-refractivity contribution < 1.29 is 4.39 Å². The van der Waals surface area contributed by atoms with E-state index in [-0.39, 0.29) is 11.4 Å². The fourth-order valence-corrected chi connectivity index (χ4v) is 3.47. The molecule has 0 saturated heterocycles. The van der Waals surface area contributed by atoms with Gasteiger partial charge in [-0.1, -0.05) is 39.0 Å². The van der Waals surface area contributed by atoms with Crippen LogP contribution in [0.1, 0.15) is 37.5 Å². The smallest absolute Gasteiger partial charge is 0.253 e. The summed E-state index contributed by atoms with van der Waals surface area (Å²) in [5, 5.41) is 4.86. The van der Waals surface area contributed by atoms with Gasteiger partial charge in [0.05, 0.1) is 6.54 Å². The Morgan fingerprint density at radius 2 is 1.80 bits per heavy atom. The lowest BCUT2D eigenvalue weighted by Crippen LogP contribution is -2.41. The molecular weight excluding hydrogens is 397 g/mol. The number of benzene rings is 2. The summed E-state index contributed by atoms with van der Waals surface area (Å²) in [5.74, 6) is 0.163. The molecule has 0 spiro atoms. The number of fused-ring (bicyclic) bond motifs is 1. The van der Waals surface area contributed by atoms with Gasteiger partial charge in [-0.25, -0.2) is 4.39 Å². The third-order valence-corrected chi connectivity index (χ3v) is 5.39. The lowest BCUT2D eigenvalue weighted by Gasteiger charge is -2.26. The molecule has 0 aliphatic carbocycles. The summed E-state index contributed by atoms with van der Waals surface area (Å²) >= 11 is 5.63. The first-order valence-electron chi connectivity index (χ1n) is 10.3. The summed E-state index contributed by atoms with van der Waals surface area (Å²) in [6, 6.07) is 14.4. The molecule has 0 atom stereocenters. The molecule has 2 aromatic carbocycles. The third-order valence-electron chi connectivity index (χ3n) is 4.99. The van der Waals surface area contributed by atoms with Crippen molar-refractivity contribution in [3.05, 3.63) is 81.4 Å². The summed E-state index contributed by atoms with van der Waals surface area (Å²) < 4.78 is 13.3. The number of aromatic amines is 1. The Balaban J connectivity index is 1.90. The second-order valence-corrected chi connectivity index (χ2v) is 8.35. The molecule has 0 fully saturated rings. The number of nitrogens with one attached hydrogen (secondary N) is 2. The highest BCUT2D eigenvalue weighted by molar-refractivity contribution is 7.80. The molecule has 3 aromatic rings. The number of thiocarbonyl (C=S) groups is 1. The monoisotopic (exact) mass is 425 g/mol. The van der Waals surface area contributed by atoms with E-state index in [1.807, 2.05) is 23.1 Å². The van der Waals surface area contributed by atoms with Gasteiger partial charge < -0.3 is 15.2 Å². The van der Waals surface area contributed by atoms with Crippen molar-refractivity contribution in [2.45, 2.75) is 40.3 Å². The maximum atomic E-state index is 13.3. The molecule has 0 aliphatic rings. The minimum absolute atomic E-state index is 0.123. The number of H-pyrrole nitrogens is 1. The number of hydrogen-bond acceptors (Lipinski definition) is 2. The van der Waals surface area contributed by atoms with Crippen LogP contribution in [0.2, 0.25) is 0 Å². The quantitative estimate of drug-likeness (QED) is 0.536. The summed E-state index contributed by atoms with van der Waals surface area (Å²) in [7, 11) is 0. The highest BCUT2D eigenvalue weighted by Crippen LogP contribution is 2.16. The standard InChI is InChI=1S/C24H28FN3OS/c1-4-17-7-10-22-19(11-17)12-20(23(29)27-22)15-28(24(30)26-13-16(2)3)14-18-5-8-21(25)9-6-18/h5-12,16H,4,13-15H2,1-3H3,(H,26,30)(H,27,29). The largest absolute Gasteiger partial charge is 0.362 e. The molecule has 0 saturated carbocycles. The molecule has 6 heteroatoms. The van der Waals surface area contributed by atoms with Crippen LogP contribution in [0.25, 0.3) is 10.9 Å². The molecule has 3 rings (SSSR count). The average molecular weight is 426 g/mol. The summed E-state index contributed by atoms with van der Waals surface area (Å²) in [5.41, 5.74) is 3.49. The number of halogens is 1. The molecule has 0 bridgehead atoms. The Bertz CT molecular complexity index is 1080. The Labute approximate surface area is 182 Å². The normalized spacial score (nSPS) is 11.1. The van der Waals surface area contributed by atoms with Crippen molar-refractivity contribution in [2.75, 3.05) is 6.54 Å². The number of hydrogen-bond donors (Lipinski definition) is 2. The van der Waals surface area contributed by atoms with Crippen LogP contribution in [0.4, 0.5) is 4.39 Å². The molecule has 1 heterocycles. The number of aryl methyl sites for hydroxylation is 1. The molecule has 0 amide bonds. The molecule has 30 heavy (non-hydrogen) atoms. The second kappa shape index (κ2) is 9.85. The van der Waals surface area contributed by atoms with Crippen LogP contribution < -0.4 is 10.9 Å². The second-order valence-electron chi connectivity index (χ2n) is 7.96. The highest BCUT2D eigenvalue weighted by atomic mass is 32.1. The highest BCUT2D eigenvalue weighted by Gasteiger charge is 2.14. The third kappa shape index (κ3) is 5.66. The van der Waals surface area contributed by atoms with Gasteiger partial charge >= 0.3 is 0 Å². The fourth-order valence-electron chi connectivity index (χ4n) is 3.26. The Hall–Kier alpha value is -2.73. The van der Waals surface area contributed by atoms with E-state index in [1.54, 1.807) is 12.1 Å². The molecule has 1 aromatic heterocycles. The predicted molar refractivity (Wildman–Crippen MR) is 125 cm³/mol. The number of nitrogens with zero attached hydrogens (tertiary/aromatic N) is 1. The van der Waals surface area contributed by atoms with Crippen LogP contribution in [0.15, 0.2) is 53.3 Å². The first-order valence-corrected chi connectivity index (χ1v) is 10.7. The van der Waals surface area contributed by atoms with Gasteiger partial charge in [0.2, 0.25) is 0 Å². The Morgan fingerprint density at radius 3 is 2.47 bits per heavy atom. The molecular formula is C24H28FN3OS. The minimum Gasteiger partial charge on any atom is -0.362 e. The molecule has 4 nitrogen and oxygen atoms in total. The zero-order valence-corrected chi connectivity index (χ0v) is 18.5. The molecule has 2 N–H and O–H groups in total. The van der Waals surface area contributed by atoms with Crippen molar-refractivity contribution in [1.82, 2.24) is 15.2 Å². The van der Waals surface area contributed by atoms with Gasteiger partial charge in [-0.2, -0.15) is 0 Å². The van der Waals surface area contributed by atoms with Gasteiger partial charge in [0.15, 0.2) is 5.11 Å². The fraction of sp³-hybridized carbons (Fsp3) is 0.333. The van der Waals surface area contributed by atoms with E-state index in [1.165, 1.54) is 17.7 Å². The van der Waals surface area contributed by atoms with Gasteiger partial charge in [-0.3, -0.25) is 4.79 Å². The van der Waals surface area contributed by atoms with E-state index in [4.69, 9.17) is 12.2 Å². The molecule has 158 valence electrons. The summed E-state index contributed by atoms with van der Waals surface area (Å²) in [6.07, 6.45) is 0.935. The SMILES string of the molecule is CCc1ccc2[nH]c(=O)c(CN(Cc3ccc(F)cc3)C(=S)NCC(C)C)cc2c1. The lowest BCUT2D eigenvalue weighted by atomic mass is 10.1. The van der Waals surface area contributed by atoms with E-state index in [2.05, 4.69) is 37.1 Å². The van der Waals surface area contributed by atoms with Crippen LogP contribution in [-0.4, -0.2) is 21.5 Å². The first-order chi connectivity index (χ1) is 14.4. The number of aromatic nitrogens is 1. The Kier molecular flexibility index (Phi) is 7.21. The van der Waals surface area contributed by atoms with Gasteiger partial charge in [-0.05, 0) is 71.4 Å². The number of rotatable bonds is 7. The minimum atomic E-state index is -0.275. The van der Waals surface area contributed by atoms with Crippen LogP contribution >= 0.6 is 12.2 Å². The van der Waals surface area contributed by atoms with Gasteiger partial charge in [0.1, 0.15) is 5.82 Å². The average Bonchev–Trinajstić information content (AvgIpc) is 2.73. The summed E-state index contributed by atoms with van der Waals surface area (Å²) in [6.45, 7) is 7.92.